The van der Waals surface area contributed by atoms with E-state index < -0.39 is 0 Å². The first-order chi connectivity index (χ1) is 12.6. The van der Waals surface area contributed by atoms with Crippen molar-refractivity contribution in [2.24, 2.45) is 0 Å². The van der Waals surface area contributed by atoms with Crippen LogP contribution in [-0.4, -0.2) is 43.6 Å². The molecule has 2 aliphatic rings. The minimum atomic E-state index is -0.307. The number of hydrogen-bond acceptors (Lipinski definition) is 6. The zero-order chi connectivity index (χ0) is 18.1. The summed E-state index contributed by atoms with van der Waals surface area (Å²) >= 11 is 0. The lowest BCUT2D eigenvalue weighted by Crippen LogP contribution is -2.49. The maximum atomic E-state index is 12.7. The average Bonchev–Trinajstić information content (AvgIpc) is 2.68. The first kappa shape index (κ1) is 16.8. The highest BCUT2D eigenvalue weighted by Crippen LogP contribution is 2.37. The number of aromatic nitrogens is 1. The maximum absolute atomic E-state index is 12.7. The van der Waals surface area contributed by atoms with E-state index in [0.717, 1.165) is 30.9 Å². The highest BCUT2D eigenvalue weighted by molar-refractivity contribution is 6.00. The van der Waals surface area contributed by atoms with Gasteiger partial charge in [0.05, 0.1) is 19.1 Å². The van der Waals surface area contributed by atoms with Gasteiger partial charge in [-0.3, -0.25) is 4.79 Å². The molecule has 6 nitrogen and oxygen atoms in total. The highest BCUT2D eigenvalue weighted by Gasteiger charge is 2.29. The lowest BCUT2D eigenvalue weighted by Gasteiger charge is -2.34. The molecular weight excluding hydrogens is 330 g/mol. The van der Waals surface area contributed by atoms with Crippen LogP contribution in [0.4, 0.5) is 5.69 Å². The van der Waals surface area contributed by atoms with Crippen LogP contribution in [0.1, 0.15) is 35.4 Å². The van der Waals surface area contributed by atoms with Crippen molar-refractivity contribution in [3.05, 3.63) is 47.7 Å². The van der Waals surface area contributed by atoms with Crippen LogP contribution in [0.2, 0.25) is 0 Å². The summed E-state index contributed by atoms with van der Waals surface area (Å²) in [5.74, 6) is 1.30. The number of ether oxygens (including phenoxy) is 2. The topological polar surface area (TPSA) is 63.7 Å². The lowest BCUT2D eigenvalue weighted by molar-refractivity contribution is 0.0849. The summed E-state index contributed by atoms with van der Waals surface area (Å²) < 4.78 is 11.2. The molecule has 0 amide bonds. The number of piperazine rings is 1. The number of Topliss-reactive ketones (excluding diaryl/α,β-unsaturated/α-hetero) is 1. The molecule has 0 bridgehead atoms. The SMILES string of the molecule is COc1ccc(C2CC(=O)c3cc(N4CCN[C@@H](C)C4)ccc3O2)cn1. The Bertz CT molecular complexity index is 806. The van der Waals surface area contributed by atoms with E-state index in [4.69, 9.17) is 9.47 Å². The van der Waals surface area contributed by atoms with Gasteiger partial charge in [-0.15, -0.1) is 0 Å². The summed E-state index contributed by atoms with van der Waals surface area (Å²) in [6.45, 7) is 5.01. The molecule has 0 radical (unpaired) electrons. The molecule has 3 heterocycles. The van der Waals surface area contributed by atoms with Gasteiger partial charge in [0.25, 0.3) is 0 Å². The van der Waals surface area contributed by atoms with Crippen LogP contribution in [0.5, 0.6) is 11.6 Å². The Morgan fingerprint density at radius 1 is 1.31 bits per heavy atom. The third-order valence-corrected chi connectivity index (χ3v) is 4.98. The Morgan fingerprint density at radius 3 is 2.92 bits per heavy atom. The largest absolute Gasteiger partial charge is 0.484 e. The van der Waals surface area contributed by atoms with Crippen LogP contribution in [0.25, 0.3) is 0 Å². The number of ketones is 1. The van der Waals surface area contributed by atoms with Crippen LogP contribution in [-0.2, 0) is 0 Å². The van der Waals surface area contributed by atoms with E-state index in [0.29, 0.717) is 29.7 Å². The molecule has 1 aromatic carbocycles. The molecule has 6 heteroatoms. The van der Waals surface area contributed by atoms with Crippen molar-refractivity contribution in [3.63, 3.8) is 0 Å². The molecule has 2 aromatic rings. The van der Waals surface area contributed by atoms with Crippen molar-refractivity contribution in [1.82, 2.24) is 10.3 Å². The minimum Gasteiger partial charge on any atom is -0.484 e. The van der Waals surface area contributed by atoms with Gasteiger partial charge in [-0.05, 0) is 31.2 Å². The molecule has 0 aliphatic carbocycles. The van der Waals surface area contributed by atoms with Crippen LogP contribution >= 0.6 is 0 Å². The van der Waals surface area contributed by atoms with Crippen LogP contribution < -0.4 is 19.7 Å². The van der Waals surface area contributed by atoms with Gasteiger partial charge < -0.3 is 19.7 Å². The second kappa shape index (κ2) is 6.96. The summed E-state index contributed by atoms with van der Waals surface area (Å²) in [5, 5.41) is 3.44. The Balaban J connectivity index is 1.56. The third-order valence-electron chi connectivity index (χ3n) is 4.98. The second-order valence-electron chi connectivity index (χ2n) is 6.85. The number of nitrogens with one attached hydrogen (secondary N) is 1. The monoisotopic (exact) mass is 353 g/mol. The van der Waals surface area contributed by atoms with Crippen molar-refractivity contribution in [3.8, 4) is 11.6 Å². The van der Waals surface area contributed by atoms with Gasteiger partial charge in [-0.25, -0.2) is 4.98 Å². The fourth-order valence-electron chi connectivity index (χ4n) is 3.56. The summed E-state index contributed by atoms with van der Waals surface area (Å²) in [6.07, 6.45) is 1.72. The second-order valence-corrected chi connectivity index (χ2v) is 6.85. The zero-order valence-corrected chi connectivity index (χ0v) is 15.1. The van der Waals surface area contributed by atoms with Gasteiger partial charge >= 0.3 is 0 Å². The number of anilines is 1. The molecule has 136 valence electrons. The van der Waals surface area contributed by atoms with Gasteiger partial charge in [0.2, 0.25) is 5.88 Å². The number of hydrogen-bond donors (Lipinski definition) is 1. The number of pyridine rings is 1. The average molecular weight is 353 g/mol. The summed E-state index contributed by atoms with van der Waals surface area (Å²) in [4.78, 5) is 19.3. The fraction of sp³-hybridized carbons (Fsp3) is 0.400. The highest BCUT2D eigenvalue weighted by atomic mass is 16.5. The standard InChI is InChI=1S/C20H23N3O3/c1-13-12-23(8-7-21-13)15-4-5-18-16(9-15)17(24)10-19(26-18)14-3-6-20(25-2)22-11-14/h3-6,9,11,13,19,21H,7-8,10,12H2,1-2H3/t13-,19?/m0/s1. The van der Waals surface area contributed by atoms with Crippen molar-refractivity contribution < 1.29 is 14.3 Å². The van der Waals surface area contributed by atoms with Crippen LogP contribution in [0.3, 0.4) is 0 Å². The number of nitrogens with zero attached hydrogens (tertiary/aromatic N) is 2. The molecule has 0 spiro atoms. The van der Waals surface area contributed by atoms with E-state index in [1.165, 1.54) is 0 Å². The quantitative estimate of drug-likeness (QED) is 0.915. The summed E-state index contributed by atoms with van der Waals surface area (Å²) in [6, 6.07) is 10.0. The van der Waals surface area contributed by atoms with E-state index in [1.807, 2.05) is 24.3 Å². The maximum Gasteiger partial charge on any atom is 0.212 e. The predicted octanol–water partition coefficient (Wildman–Crippen LogP) is 2.59. The summed E-state index contributed by atoms with van der Waals surface area (Å²) in [7, 11) is 1.58. The van der Waals surface area contributed by atoms with Crippen LogP contribution in [0.15, 0.2) is 36.5 Å². The minimum absolute atomic E-state index is 0.108. The Morgan fingerprint density at radius 2 is 2.19 bits per heavy atom. The van der Waals surface area contributed by atoms with Crippen molar-refractivity contribution in [2.45, 2.75) is 25.5 Å². The smallest absolute Gasteiger partial charge is 0.212 e. The van der Waals surface area contributed by atoms with Crippen molar-refractivity contribution in [1.29, 1.82) is 0 Å². The number of fused-ring (bicyclic) bond motifs is 1. The Labute approximate surface area is 153 Å². The zero-order valence-electron chi connectivity index (χ0n) is 15.1. The number of benzene rings is 1. The van der Waals surface area contributed by atoms with Gasteiger partial charge in [0.1, 0.15) is 11.9 Å². The molecule has 1 fully saturated rings. The molecular formula is C20H23N3O3. The molecule has 1 saturated heterocycles. The number of carbonyl (C=O) groups excluding carboxylic acids is 1. The normalized spacial score (nSPS) is 22.5. The van der Waals surface area contributed by atoms with Gasteiger partial charge in [0, 0.05) is 49.2 Å². The van der Waals surface area contributed by atoms with Gasteiger partial charge in [0.15, 0.2) is 5.78 Å². The molecule has 4 rings (SSSR count). The number of carbonyl (C=O) groups is 1. The Hall–Kier alpha value is -2.60. The van der Waals surface area contributed by atoms with E-state index in [9.17, 15) is 4.79 Å². The van der Waals surface area contributed by atoms with Crippen molar-refractivity contribution >= 4 is 11.5 Å². The molecule has 2 atom stereocenters. The van der Waals surface area contributed by atoms with E-state index in [2.05, 4.69) is 22.1 Å². The first-order valence-corrected chi connectivity index (χ1v) is 8.96. The molecule has 26 heavy (non-hydrogen) atoms. The van der Waals surface area contributed by atoms with Gasteiger partial charge in [-0.1, -0.05) is 0 Å². The van der Waals surface area contributed by atoms with E-state index >= 15 is 0 Å². The predicted molar refractivity (Wildman–Crippen MR) is 99.2 cm³/mol. The van der Waals surface area contributed by atoms with Gasteiger partial charge in [-0.2, -0.15) is 0 Å². The van der Waals surface area contributed by atoms with Crippen molar-refractivity contribution in [2.75, 3.05) is 31.6 Å². The number of methoxy groups -OCH3 is 1. The molecule has 1 aromatic heterocycles. The number of rotatable bonds is 3. The lowest BCUT2D eigenvalue weighted by atomic mass is 9.96. The molecule has 2 aliphatic heterocycles. The molecule has 1 unspecified atom stereocenters. The van der Waals surface area contributed by atoms with E-state index in [-0.39, 0.29) is 11.9 Å². The molecule has 1 N–H and O–H groups in total. The Kier molecular flexibility index (Phi) is 4.51. The first-order valence-electron chi connectivity index (χ1n) is 8.96. The molecule has 0 saturated carbocycles. The van der Waals surface area contributed by atoms with E-state index in [1.54, 1.807) is 19.4 Å². The summed E-state index contributed by atoms with van der Waals surface area (Å²) in [5.41, 5.74) is 2.63. The van der Waals surface area contributed by atoms with Crippen LogP contribution in [0, 0.1) is 0 Å². The third kappa shape index (κ3) is 3.24. The fourth-order valence-corrected chi connectivity index (χ4v) is 3.56.